The molecule has 2 aromatic rings. The van der Waals surface area contributed by atoms with E-state index in [2.05, 4.69) is 34.0 Å². The fourth-order valence-corrected chi connectivity index (χ4v) is 2.40. The highest BCUT2D eigenvalue weighted by Gasteiger charge is 2.09. The summed E-state index contributed by atoms with van der Waals surface area (Å²) in [5.74, 6) is 1.97. The van der Waals surface area contributed by atoms with Crippen molar-refractivity contribution in [2.75, 3.05) is 12.0 Å². The largest absolute Gasteiger partial charge is 0.331 e. The fraction of sp³-hybridized carbons (Fsp3) is 0.417. The Labute approximate surface area is 100 Å². The van der Waals surface area contributed by atoms with Crippen LogP contribution < -0.4 is 5.73 Å². The molecule has 1 atom stereocenters. The van der Waals surface area contributed by atoms with Crippen molar-refractivity contribution >= 4 is 22.8 Å². The lowest BCUT2D eigenvalue weighted by atomic mass is 10.1. The topological polar surface area (TPSA) is 43.8 Å². The molecule has 1 unspecified atom stereocenters. The van der Waals surface area contributed by atoms with Crippen molar-refractivity contribution in [2.24, 2.45) is 12.8 Å². The molecule has 0 aliphatic carbocycles. The smallest absolute Gasteiger partial charge is 0.106 e. The van der Waals surface area contributed by atoms with E-state index in [1.807, 2.05) is 14.0 Å². The van der Waals surface area contributed by atoms with Crippen LogP contribution >= 0.6 is 11.8 Å². The van der Waals surface area contributed by atoms with Crippen molar-refractivity contribution in [1.82, 2.24) is 9.55 Å². The Bertz CT molecular complexity index is 504. The van der Waals surface area contributed by atoms with Gasteiger partial charge < -0.3 is 10.3 Å². The van der Waals surface area contributed by atoms with Crippen molar-refractivity contribution < 1.29 is 0 Å². The zero-order valence-electron chi connectivity index (χ0n) is 9.90. The highest BCUT2D eigenvalue weighted by atomic mass is 32.2. The highest BCUT2D eigenvalue weighted by Crippen LogP contribution is 2.21. The highest BCUT2D eigenvalue weighted by molar-refractivity contribution is 7.98. The maximum absolute atomic E-state index is 6.09. The molecule has 0 aliphatic rings. The zero-order chi connectivity index (χ0) is 11.7. The van der Waals surface area contributed by atoms with Gasteiger partial charge in [-0.1, -0.05) is 6.07 Å². The van der Waals surface area contributed by atoms with E-state index in [4.69, 9.17) is 5.73 Å². The summed E-state index contributed by atoms with van der Waals surface area (Å²) in [4.78, 5) is 4.52. The summed E-state index contributed by atoms with van der Waals surface area (Å²) in [5, 5.41) is 0. The first-order chi connectivity index (χ1) is 7.63. The van der Waals surface area contributed by atoms with Crippen molar-refractivity contribution in [2.45, 2.75) is 13.0 Å². The Morgan fingerprint density at radius 2 is 2.25 bits per heavy atom. The number of rotatable bonds is 3. The van der Waals surface area contributed by atoms with E-state index in [1.165, 1.54) is 5.56 Å². The Morgan fingerprint density at radius 3 is 2.94 bits per heavy atom. The van der Waals surface area contributed by atoms with Crippen LogP contribution in [0.15, 0.2) is 18.2 Å². The minimum Gasteiger partial charge on any atom is -0.331 e. The molecule has 2 rings (SSSR count). The summed E-state index contributed by atoms with van der Waals surface area (Å²) >= 11 is 1.77. The van der Waals surface area contributed by atoms with Crippen LogP contribution in [0.1, 0.15) is 17.4 Å². The summed E-state index contributed by atoms with van der Waals surface area (Å²) in [7, 11) is 2.03. The zero-order valence-corrected chi connectivity index (χ0v) is 10.7. The van der Waals surface area contributed by atoms with Gasteiger partial charge in [0.15, 0.2) is 0 Å². The van der Waals surface area contributed by atoms with Gasteiger partial charge in [0, 0.05) is 18.8 Å². The molecule has 0 saturated carbocycles. The van der Waals surface area contributed by atoms with E-state index in [1.54, 1.807) is 11.8 Å². The molecule has 0 fully saturated rings. The number of fused-ring (bicyclic) bond motifs is 1. The standard InChI is InChI=1S/C12H17N3S/c1-8-14-11-6-9(10(13)7-16-3)4-5-12(11)15(8)2/h4-6,10H,7,13H2,1-3H3. The minimum atomic E-state index is 0.0988. The first-order valence-corrected chi connectivity index (χ1v) is 6.70. The molecule has 1 heterocycles. The first kappa shape index (κ1) is 11.5. The third-order valence-corrected chi connectivity index (χ3v) is 3.60. The Balaban J connectivity index is 2.44. The second-order valence-electron chi connectivity index (χ2n) is 4.03. The van der Waals surface area contributed by atoms with E-state index in [0.717, 1.165) is 22.6 Å². The van der Waals surface area contributed by atoms with E-state index in [9.17, 15) is 0 Å². The number of benzene rings is 1. The third kappa shape index (κ3) is 1.95. The van der Waals surface area contributed by atoms with Crippen LogP contribution in [-0.4, -0.2) is 21.6 Å². The molecule has 0 spiro atoms. The van der Waals surface area contributed by atoms with Crippen LogP contribution in [0.4, 0.5) is 0 Å². The molecule has 0 saturated heterocycles. The predicted molar refractivity (Wildman–Crippen MR) is 70.8 cm³/mol. The molecule has 86 valence electrons. The van der Waals surface area contributed by atoms with Crippen molar-refractivity contribution in [1.29, 1.82) is 0 Å². The van der Waals surface area contributed by atoms with Crippen LogP contribution in [0.25, 0.3) is 11.0 Å². The number of hydrogen-bond acceptors (Lipinski definition) is 3. The van der Waals surface area contributed by atoms with Gasteiger partial charge in [-0.05, 0) is 30.9 Å². The van der Waals surface area contributed by atoms with Crippen LogP contribution in [-0.2, 0) is 7.05 Å². The predicted octanol–water partition coefficient (Wildman–Crippen LogP) is 2.24. The van der Waals surface area contributed by atoms with E-state index < -0.39 is 0 Å². The molecule has 3 nitrogen and oxygen atoms in total. The second-order valence-corrected chi connectivity index (χ2v) is 4.94. The van der Waals surface area contributed by atoms with Crippen LogP contribution in [0.5, 0.6) is 0 Å². The van der Waals surface area contributed by atoms with Crippen LogP contribution in [0.2, 0.25) is 0 Å². The number of hydrogen-bond donors (Lipinski definition) is 1. The molecule has 2 N–H and O–H groups in total. The molecule has 0 bridgehead atoms. The first-order valence-electron chi connectivity index (χ1n) is 5.31. The summed E-state index contributed by atoms with van der Waals surface area (Å²) in [6.07, 6.45) is 2.07. The van der Waals surface area contributed by atoms with Gasteiger partial charge in [-0.15, -0.1) is 0 Å². The van der Waals surface area contributed by atoms with E-state index >= 15 is 0 Å². The number of thioether (sulfide) groups is 1. The Kier molecular flexibility index (Phi) is 3.21. The molecule has 0 radical (unpaired) electrons. The number of nitrogens with zero attached hydrogens (tertiary/aromatic N) is 2. The molecular weight excluding hydrogens is 218 g/mol. The Morgan fingerprint density at radius 1 is 1.50 bits per heavy atom. The molecule has 4 heteroatoms. The summed E-state index contributed by atoms with van der Waals surface area (Å²) in [6.45, 7) is 2.02. The lowest BCUT2D eigenvalue weighted by Crippen LogP contribution is -2.12. The van der Waals surface area contributed by atoms with Gasteiger partial charge >= 0.3 is 0 Å². The number of aryl methyl sites for hydroxylation is 2. The van der Waals surface area contributed by atoms with Gasteiger partial charge in [-0.3, -0.25) is 0 Å². The number of imidazole rings is 1. The lowest BCUT2D eigenvalue weighted by molar-refractivity contribution is 0.833. The van der Waals surface area contributed by atoms with Gasteiger partial charge in [0.2, 0.25) is 0 Å². The van der Waals surface area contributed by atoms with Gasteiger partial charge in [0.25, 0.3) is 0 Å². The molecule has 0 aliphatic heterocycles. The molecule has 0 amide bonds. The maximum atomic E-state index is 6.09. The maximum Gasteiger partial charge on any atom is 0.106 e. The van der Waals surface area contributed by atoms with Gasteiger partial charge in [0.1, 0.15) is 5.82 Å². The van der Waals surface area contributed by atoms with Gasteiger partial charge in [0.05, 0.1) is 11.0 Å². The summed E-state index contributed by atoms with van der Waals surface area (Å²) < 4.78 is 2.10. The lowest BCUT2D eigenvalue weighted by Gasteiger charge is -2.10. The number of aromatic nitrogens is 2. The summed E-state index contributed by atoms with van der Waals surface area (Å²) in [6, 6.07) is 6.40. The van der Waals surface area contributed by atoms with Crippen molar-refractivity contribution in [3.8, 4) is 0 Å². The average Bonchev–Trinajstić information content (AvgIpc) is 2.55. The third-order valence-electron chi connectivity index (χ3n) is 2.90. The fourth-order valence-electron chi connectivity index (χ4n) is 1.84. The second kappa shape index (κ2) is 4.47. The van der Waals surface area contributed by atoms with Crippen molar-refractivity contribution in [3.05, 3.63) is 29.6 Å². The van der Waals surface area contributed by atoms with Crippen LogP contribution in [0.3, 0.4) is 0 Å². The normalized spacial score (nSPS) is 13.2. The van der Waals surface area contributed by atoms with Gasteiger partial charge in [-0.2, -0.15) is 11.8 Å². The molecule has 16 heavy (non-hydrogen) atoms. The molecule has 1 aromatic carbocycles. The SMILES string of the molecule is CSCC(N)c1ccc2c(c1)nc(C)n2C. The van der Waals surface area contributed by atoms with E-state index in [-0.39, 0.29) is 6.04 Å². The van der Waals surface area contributed by atoms with Crippen molar-refractivity contribution in [3.63, 3.8) is 0 Å². The van der Waals surface area contributed by atoms with Crippen LogP contribution in [0, 0.1) is 6.92 Å². The minimum absolute atomic E-state index is 0.0988. The molecule has 1 aromatic heterocycles. The van der Waals surface area contributed by atoms with E-state index in [0.29, 0.717) is 0 Å². The number of nitrogens with two attached hydrogens (primary N) is 1. The molecular formula is C12H17N3S. The monoisotopic (exact) mass is 235 g/mol. The van der Waals surface area contributed by atoms with Gasteiger partial charge in [-0.25, -0.2) is 4.98 Å². The average molecular weight is 235 g/mol. The Hall–Kier alpha value is -1.00. The quantitative estimate of drug-likeness (QED) is 0.887. The summed E-state index contributed by atoms with van der Waals surface area (Å²) in [5.41, 5.74) is 9.45.